The first-order valence-corrected chi connectivity index (χ1v) is 10.9. The second kappa shape index (κ2) is 9.16. The number of H-pyrrole nitrogens is 1. The molecule has 4 rings (SSSR count). The number of carbonyl (C=O) groups excluding carboxylic acids is 1. The summed E-state index contributed by atoms with van der Waals surface area (Å²) in [6.07, 6.45) is 2.93. The molecule has 0 bridgehead atoms. The third kappa shape index (κ3) is 5.19. The van der Waals surface area contributed by atoms with E-state index in [1.54, 1.807) is 12.1 Å². The number of aromatic amines is 1. The number of imidazole rings is 1. The van der Waals surface area contributed by atoms with Crippen LogP contribution < -0.4 is 15.4 Å². The van der Waals surface area contributed by atoms with Gasteiger partial charge in [-0.15, -0.1) is 0 Å². The molecule has 1 atom stereocenters. The highest BCUT2D eigenvalue weighted by Crippen LogP contribution is 2.28. The number of ether oxygens (including phenoxy) is 1. The van der Waals surface area contributed by atoms with Crippen LogP contribution in [0.15, 0.2) is 42.5 Å². The van der Waals surface area contributed by atoms with Gasteiger partial charge in [-0.1, -0.05) is 18.2 Å². The van der Waals surface area contributed by atoms with Crippen LogP contribution in [0, 0.1) is 5.82 Å². The minimum absolute atomic E-state index is 0.00993. The SMILES string of the molecule is COc1ccc(CC(NC(=O)N[C@H]2CC[C@](C)(O)CC2)c2nc3ccccc3[nH]2)c(F)c1. The van der Waals surface area contributed by atoms with E-state index in [0.717, 1.165) is 11.0 Å². The fraction of sp³-hybridized carbons (Fsp3) is 0.417. The number of rotatable bonds is 6. The van der Waals surface area contributed by atoms with Crippen LogP contribution >= 0.6 is 0 Å². The van der Waals surface area contributed by atoms with Gasteiger partial charge in [0.2, 0.25) is 0 Å². The number of benzene rings is 2. The molecule has 2 aromatic carbocycles. The molecular formula is C24H29FN4O3. The molecular weight excluding hydrogens is 411 g/mol. The predicted molar refractivity (Wildman–Crippen MR) is 120 cm³/mol. The van der Waals surface area contributed by atoms with Crippen LogP contribution in [-0.4, -0.2) is 39.9 Å². The second-order valence-corrected chi connectivity index (χ2v) is 8.74. The van der Waals surface area contributed by atoms with Gasteiger partial charge in [0, 0.05) is 18.5 Å². The Morgan fingerprint density at radius 1 is 1.31 bits per heavy atom. The highest BCUT2D eigenvalue weighted by Gasteiger charge is 2.30. The Morgan fingerprint density at radius 3 is 2.75 bits per heavy atom. The van der Waals surface area contributed by atoms with Crippen molar-refractivity contribution in [2.75, 3.05) is 7.11 Å². The minimum Gasteiger partial charge on any atom is -0.497 e. The maximum absolute atomic E-state index is 14.6. The lowest BCUT2D eigenvalue weighted by molar-refractivity contribution is 0.0151. The number of halogens is 1. The van der Waals surface area contributed by atoms with Gasteiger partial charge in [0.25, 0.3) is 0 Å². The number of urea groups is 1. The van der Waals surface area contributed by atoms with E-state index in [1.807, 2.05) is 31.2 Å². The molecule has 0 aliphatic heterocycles. The number of nitrogens with zero attached hydrogens (tertiary/aromatic N) is 1. The molecule has 0 saturated heterocycles. The molecule has 1 aromatic heterocycles. The van der Waals surface area contributed by atoms with Gasteiger partial charge in [0.1, 0.15) is 17.4 Å². The van der Waals surface area contributed by atoms with E-state index in [4.69, 9.17) is 4.74 Å². The minimum atomic E-state index is -0.669. The van der Waals surface area contributed by atoms with Crippen molar-refractivity contribution in [1.82, 2.24) is 20.6 Å². The Bertz CT molecular complexity index is 1050. The topological polar surface area (TPSA) is 99.3 Å². The lowest BCUT2D eigenvalue weighted by Gasteiger charge is -2.33. The van der Waals surface area contributed by atoms with Crippen LogP contribution in [0.3, 0.4) is 0 Å². The summed E-state index contributed by atoms with van der Waals surface area (Å²) in [6.45, 7) is 1.82. The van der Waals surface area contributed by atoms with Crippen LogP contribution in [0.2, 0.25) is 0 Å². The lowest BCUT2D eigenvalue weighted by atomic mass is 9.84. The highest BCUT2D eigenvalue weighted by atomic mass is 19.1. The maximum Gasteiger partial charge on any atom is 0.315 e. The molecule has 7 nitrogen and oxygen atoms in total. The Balaban J connectivity index is 1.52. The third-order valence-electron chi connectivity index (χ3n) is 6.13. The summed E-state index contributed by atoms with van der Waals surface area (Å²) in [5.74, 6) is 0.593. The number of aliphatic hydroxyl groups is 1. The molecule has 1 saturated carbocycles. The van der Waals surface area contributed by atoms with Crippen molar-refractivity contribution in [2.45, 2.75) is 56.7 Å². The third-order valence-corrected chi connectivity index (χ3v) is 6.13. The summed E-state index contributed by atoms with van der Waals surface area (Å²) in [7, 11) is 1.49. The van der Waals surface area contributed by atoms with Crippen molar-refractivity contribution in [2.24, 2.45) is 0 Å². The fourth-order valence-electron chi connectivity index (χ4n) is 4.16. The summed E-state index contributed by atoms with van der Waals surface area (Å²) in [4.78, 5) is 20.7. The fourth-order valence-corrected chi connectivity index (χ4v) is 4.16. The first-order valence-electron chi connectivity index (χ1n) is 10.9. The van der Waals surface area contributed by atoms with Gasteiger partial charge in [-0.05, 0) is 56.4 Å². The Morgan fingerprint density at radius 2 is 2.06 bits per heavy atom. The first-order chi connectivity index (χ1) is 15.3. The van der Waals surface area contributed by atoms with Gasteiger partial charge >= 0.3 is 6.03 Å². The zero-order valence-corrected chi connectivity index (χ0v) is 18.3. The number of amides is 2. The van der Waals surface area contributed by atoms with E-state index in [9.17, 15) is 14.3 Å². The highest BCUT2D eigenvalue weighted by molar-refractivity contribution is 5.76. The molecule has 2 amide bonds. The summed E-state index contributed by atoms with van der Waals surface area (Å²) < 4.78 is 19.7. The normalized spacial score (nSPS) is 21.8. The molecule has 1 heterocycles. The Hall–Kier alpha value is -3.13. The summed E-state index contributed by atoms with van der Waals surface area (Å²) in [5.41, 5.74) is 1.40. The number of para-hydroxylation sites is 2. The van der Waals surface area contributed by atoms with Crippen LogP contribution in [0.4, 0.5) is 9.18 Å². The standard InChI is InChI=1S/C24H29FN4O3/c1-24(31)11-9-16(10-12-24)26-23(30)29-21(13-15-7-8-17(32-2)14-18(15)25)22-27-19-5-3-4-6-20(19)28-22/h3-8,14,16,21,31H,9-13H2,1-2H3,(H,27,28)(H2,26,29,30)/t16-,21?,24-. The zero-order chi connectivity index (χ0) is 22.7. The van der Waals surface area contributed by atoms with E-state index in [-0.39, 0.29) is 18.5 Å². The van der Waals surface area contributed by atoms with Gasteiger partial charge in [-0.25, -0.2) is 14.2 Å². The molecule has 0 radical (unpaired) electrons. The van der Waals surface area contributed by atoms with E-state index in [0.29, 0.717) is 42.8 Å². The van der Waals surface area contributed by atoms with E-state index < -0.39 is 17.5 Å². The molecule has 1 unspecified atom stereocenters. The van der Waals surface area contributed by atoms with Crippen LogP contribution in [0.25, 0.3) is 11.0 Å². The largest absolute Gasteiger partial charge is 0.497 e. The molecule has 32 heavy (non-hydrogen) atoms. The zero-order valence-electron chi connectivity index (χ0n) is 18.3. The van der Waals surface area contributed by atoms with Gasteiger partial charge in [-0.3, -0.25) is 0 Å². The van der Waals surface area contributed by atoms with E-state index in [1.165, 1.54) is 13.2 Å². The number of fused-ring (bicyclic) bond motifs is 1. The Labute approximate surface area is 186 Å². The Kier molecular flexibility index (Phi) is 6.32. The lowest BCUT2D eigenvalue weighted by Crippen LogP contribution is -2.47. The van der Waals surface area contributed by atoms with E-state index in [2.05, 4.69) is 20.6 Å². The number of aromatic nitrogens is 2. The van der Waals surface area contributed by atoms with Crippen LogP contribution in [-0.2, 0) is 6.42 Å². The monoisotopic (exact) mass is 440 g/mol. The summed E-state index contributed by atoms with van der Waals surface area (Å²) in [6, 6.07) is 11.4. The van der Waals surface area contributed by atoms with Crippen molar-refractivity contribution in [1.29, 1.82) is 0 Å². The van der Waals surface area contributed by atoms with Gasteiger partial charge in [0.15, 0.2) is 0 Å². The quantitative estimate of drug-likeness (QED) is 0.466. The van der Waals surface area contributed by atoms with Gasteiger partial charge in [0.05, 0.1) is 29.8 Å². The molecule has 0 spiro atoms. The summed E-state index contributed by atoms with van der Waals surface area (Å²) >= 11 is 0. The second-order valence-electron chi connectivity index (χ2n) is 8.74. The van der Waals surface area contributed by atoms with Crippen molar-refractivity contribution in [3.63, 3.8) is 0 Å². The van der Waals surface area contributed by atoms with Crippen molar-refractivity contribution < 1.29 is 19.0 Å². The average Bonchev–Trinajstić information content (AvgIpc) is 3.20. The molecule has 8 heteroatoms. The number of carbonyl (C=O) groups is 1. The first kappa shape index (κ1) is 22.1. The molecule has 1 fully saturated rings. The van der Waals surface area contributed by atoms with Gasteiger partial charge < -0.3 is 25.5 Å². The molecule has 1 aliphatic rings. The number of hydrogen-bond acceptors (Lipinski definition) is 4. The average molecular weight is 441 g/mol. The van der Waals surface area contributed by atoms with Crippen molar-refractivity contribution in [3.8, 4) is 5.75 Å². The smallest absolute Gasteiger partial charge is 0.315 e. The molecule has 170 valence electrons. The van der Waals surface area contributed by atoms with Crippen molar-refractivity contribution in [3.05, 3.63) is 59.7 Å². The molecule has 1 aliphatic carbocycles. The number of nitrogens with one attached hydrogen (secondary N) is 3. The summed E-state index contributed by atoms with van der Waals surface area (Å²) in [5, 5.41) is 16.1. The van der Waals surface area contributed by atoms with E-state index >= 15 is 0 Å². The maximum atomic E-state index is 14.6. The number of methoxy groups -OCH3 is 1. The van der Waals surface area contributed by atoms with Crippen LogP contribution in [0.5, 0.6) is 5.75 Å². The predicted octanol–water partition coefficient (Wildman–Crippen LogP) is 3.99. The van der Waals surface area contributed by atoms with Crippen LogP contribution in [0.1, 0.15) is 50.0 Å². The molecule has 3 aromatic rings. The number of hydrogen-bond donors (Lipinski definition) is 4. The van der Waals surface area contributed by atoms with Crippen molar-refractivity contribution >= 4 is 17.1 Å². The van der Waals surface area contributed by atoms with Gasteiger partial charge in [-0.2, -0.15) is 0 Å². The molecule has 4 N–H and O–H groups in total.